The second-order valence-electron chi connectivity index (χ2n) is 7.25. The van der Waals surface area contributed by atoms with Crippen LogP contribution >= 0.6 is 22.9 Å². The third-order valence-corrected chi connectivity index (χ3v) is 6.48. The summed E-state index contributed by atoms with van der Waals surface area (Å²) in [5, 5.41) is 1.56. The molecule has 0 radical (unpaired) electrons. The minimum Gasteiger partial charge on any atom is -0.496 e. The normalized spacial score (nSPS) is 11.7. The van der Waals surface area contributed by atoms with Crippen molar-refractivity contribution in [2.24, 2.45) is 0 Å². The zero-order valence-electron chi connectivity index (χ0n) is 17.9. The van der Waals surface area contributed by atoms with Crippen molar-refractivity contribution < 1.29 is 4.74 Å². The van der Waals surface area contributed by atoms with Crippen molar-refractivity contribution in [3.63, 3.8) is 0 Å². The quantitative estimate of drug-likeness (QED) is 0.351. The maximum absolute atomic E-state index is 6.58. The summed E-state index contributed by atoms with van der Waals surface area (Å²) < 4.78 is 5.40. The molecule has 0 aliphatic heterocycles. The first kappa shape index (κ1) is 22.2. The van der Waals surface area contributed by atoms with Crippen LogP contribution in [-0.4, -0.2) is 18.6 Å². The van der Waals surface area contributed by atoms with Crippen molar-refractivity contribution in [3.8, 4) is 29.4 Å². The van der Waals surface area contributed by atoms with Gasteiger partial charge < -0.3 is 9.64 Å². The molecule has 0 spiro atoms. The smallest absolute Gasteiger partial charge is 0.187 e. The molecule has 3 rings (SSSR count). The highest BCUT2D eigenvalue weighted by atomic mass is 35.5. The van der Waals surface area contributed by atoms with Crippen LogP contribution in [0.15, 0.2) is 42.5 Å². The van der Waals surface area contributed by atoms with Crippen molar-refractivity contribution in [2.75, 3.05) is 18.6 Å². The standard InChI is InChI=1S/C25H27ClN2OS/c1-6-11-22(19-12-9-8-10-13-19)28(14-7-2)25-27-24(18(4)30-25)20-15-17(3)23(29-5)16-21(20)26/h2,8-10,12-13,15-16,22H,6,11,14H2,1,3-5H3. The van der Waals surface area contributed by atoms with Crippen LogP contribution in [0.2, 0.25) is 5.02 Å². The van der Waals surface area contributed by atoms with Crippen LogP contribution in [0.4, 0.5) is 5.13 Å². The number of benzene rings is 2. The average molecular weight is 439 g/mol. The molecular formula is C25H27ClN2OS. The number of halogens is 1. The molecule has 0 saturated carbocycles. The summed E-state index contributed by atoms with van der Waals surface area (Å²) in [5.41, 5.74) is 4.10. The van der Waals surface area contributed by atoms with E-state index in [4.69, 9.17) is 27.7 Å². The Morgan fingerprint density at radius 3 is 2.60 bits per heavy atom. The molecule has 2 aromatic carbocycles. The highest BCUT2D eigenvalue weighted by molar-refractivity contribution is 7.16. The lowest BCUT2D eigenvalue weighted by Crippen LogP contribution is -2.29. The van der Waals surface area contributed by atoms with Gasteiger partial charge in [0.25, 0.3) is 0 Å². The van der Waals surface area contributed by atoms with Crippen molar-refractivity contribution >= 4 is 28.1 Å². The summed E-state index contributed by atoms with van der Waals surface area (Å²) in [6.45, 7) is 6.79. The number of ether oxygens (including phenoxy) is 1. The molecule has 0 amide bonds. The van der Waals surface area contributed by atoms with E-state index >= 15 is 0 Å². The molecule has 1 heterocycles. The summed E-state index contributed by atoms with van der Waals surface area (Å²) in [6, 6.07) is 14.6. The number of hydrogen-bond acceptors (Lipinski definition) is 4. The molecule has 1 unspecified atom stereocenters. The molecule has 0 saturated heterocycles. The third-order valence-electron chi connectivity index (χ3n) is 5.15. The van der Waals surface area contributed by atoms with E-state index in [9.17, 15) is 0 Å². The van der Waals surface area contributed by atoms with E-state index in [2.05, 4.69) is 48.9 Å². The Balaban J connectivity index is 2.06. The lowest BCUT2D eigenvalue weighted by molar-refractivity contribution is 0.412. The van der Waals surface area contributed by atoms with Gasteiger partial charge in [-0.25, -0.2) is 4.98 Å². The fraction of sp³-hybridized carbons (Fsp3) is 0.320. The molecule has 3 aromatic rings. The SMILES string of the molecule is C#CCN(c1nc(-c2cc(C)c(OC)cc2Cl)c(C)s1)C(CCC)c1ccccc1. The predicted molar refractivity (Wildman–Crippen MR) is 129 cm³/mol. The Bertz CT molecular complexity index is 1040. The highest BCUT2D eigenvalue weighted by Gasteiger charge is 2.24. The van der Waals surface area contributed by atoms with Gasteiger partial charge in [-0.3, -0.25) is 0 Å². The fourth-order valence-electron chi connectivity index (χ4n) is 3.68. The van der Waals surface area contributed by atoms with Gasteiger partial charge in [0.15, 0.2) is 5.13 Å². The third kappa shape index (κ3) is 4.64. The first-order chi connectivity index (χ1) is 14.5. The van der Waals surface area contributed by atoms with Crippen molar-refractivity contribution in [1.82, 2.24) is 4.98 Å². The van der Waals surface area contributed by atoms with Crippen LogP contribution in [-0.2, 0) is 0 Å². The second kappa shape index (κ2) is 10.0. The zero-order chi connectivity index (χ0) is 21.7. The molecular weight excluding hydrogens is 412 g/mol. The number of aryl methyl sites for hydroxylation is 2. The summed E-state index contributed by atoms with van der Waals surface area (Å²) in [4.78, 5) is 8.36. The molecule has 0 aliphatic carbocycles. The molecule has 0 fully saturated rings. The van der Waals surface area contributed by atoms with Gasteiger partial charge in [-0.1, -0.05) is 61.2 Å². The predicted octanol–water partition coefficient (Wildman–Crippen LogP) is 7.07. The zero-order valence-corrected chi connectivity index (χ0v) is 19.5. The molecule has 0 N–H and O–H groups in total. The largest absolute Gasteiger partial charge is 0.496 e. The minimum absolute atomic E-state index is 0.179. The molecule has 3 nitrogen and oxygen atoms in total. The van der Waals surface area contributed by atoms with Crippen molar-refractivity contribution in [2.45, 2.75) is 39.7 Å². The Morgan fingerprint density at radius 1 is 1.23 bits per heavy atom. The lowest BCUT2D eigenvalue weighted by atomic mass is 10.0. The van der Waals surface area contributed by atoms with E-state index in [0.717, 1.165) is 45.4 Å². The van der Waals surface area contributed by atoms with Crippen LogP contribution in [0.3, 0.4) is 0 Å². The first-order valence-electron chi connectivity index (χ1n) is 10.1. The van der Waals surface area contributed by atoms with Crippen LogP contribution in [0.1, 0.15) is 41.8 Å². The first-order valence-corrected chi connectivity index (χ1v) is 11.3. The van der Waals surface area contributed by atoms with Gasteiger partial charge in [0, 0.05) is 10.4 Å². The number of methoxy groups -OCH3 is 1. The van der Waals surface area contributed by atoms with Crippen molar-refractivity contribution in [1.29, 1.82) is 0 Å². The Kier molecular flexibility index (Phi) is 7.42. The molecule has 30 heavy (non-hydrogen) atoms. The number of anilines is 1. The number of thiazole rings is 1. The van der Waals surface area contributed by atoms with Crippen LogP contribution < -0.4 is 9.64 Å². The van der Waals surface area contributed by atoms with Gasteiger partial charge in [-0.05, 0) is 43.5 Å². The lowest BCUT2D eigenvalue weighted by Gasteiger charge is -2.30. The number of nitrogens with zero attached hydrogens (tertiary/aromatic N) is 2. The monoisotopic (exact) mass is 438 g/mol. The maximum atomic E-state index is 6.58. The second-order valence-corrected chi connectivity index (χ2v) is 8.84. The van der Waals surface area contributed by atoms with Gasteiger partial charge >= 0.3 is 0 Å². The Morgan fingerprint density at radius 2 is 1.97 bits per heavy atom. The van der Waals surface area contributed by atoms with Gasteiger partial charge in [0.1, 0.15) is 5.75 Å². The van der Waals surface area contributed by atoms with E-state index in [1.807, 2.05) is 25.1 Å². The number of hydrogen-bond donors (Lipinski definition) is 0. The topological polar surface area (TPSA) is 25.4 Å². The minimum atomic E-state index is 0.179. The summed E-state index contributed by atoms with van der Waals surface area (Å²) in [5.74, 6) is 3.60. The number of aromatic nitrogens is 1. The summed E-state index contributed by atoms with van der Waals surface area (Å²) in [7, 11) is 1.65. The van der Waals surface area contributed by atoms with Gasteiger partial charge in [-0.2, -0.15) is 0 Å². The molecule has 5 heteroatoms. The van der Waals surface area contributed by atoms with Crippen LogP contribution in [0.25, 0.3) is 11.3 Å². The molecule has 1 atom stereocenters. The summed E-state index contributed by atoms with van der Waals surface area (Å²) >= 11 is 8.24. The highest BCUT2D eigenvalue weighted by Crippen LogP contribution is 2.41. The van der Waals surface area contributed by atoms with E-state index in [0.29, 0.717) is 11.6 Å². The average Bonchev–Trinajstić information content (AvgIpc) is 3.13. The molecule has 156 valence electrons. The van der Waals surface area contributed by atoms with E-state index in [1.54, 1.807) is 18.4 Å². The van der Waals surface area contributed by atoms with E-state index in [1.165, 1.54) is 5.56 Å². The van der Waals surface area contributed by atoms with Crippen LogP contribution in [0, 0.1) is 26.2 Å². The Labute approximate surface area is 188 Å². The van der Waals surface area contributed by atoms with Gasteiger partial charge in [-0.15, -0.1) is 17.8 Å². The number of terminal acetylenes is 1. The molecule has 0 bridgehead atoms. The maximum Gasteiger partial charge on any atom is 0.187 e. The van der Waals surface area contributed by atoms with E-state index < -0.39 is 0 Å². The number of rotatable bonds is 8. The van der Waals surface area contributed by atoms with Crippen LogP contribution in [0.5, 0.6) is 5.75 Å². The summed E-state index contributed by atoms with van der Waals surface area (Å²) in [6.07, 6.45) is 7.82. The van der Waals surface area contributed by atoms with E-state index in [-0.39, 0.29) is 6.04 Å². The van der Waals surface area contributed by atoms with Gasteiger partial charge in [0.05, 0.1) is 30.4 Å². The molecule has 1 aromatic heterocycles. The Hall–Kier alpha value is -2.48. The van der Waals surface area contributed by atoms with Gasteiger partial charge in [0.2, 0.25) is 0 Å². The van der Waals surface area contributed by atoms with Crippen molar-refractivity contribution in [3.05, 3.63) is 63.5 Å². The molecule has 0 aliphatic rings. The fourth-order valence-corrected chi connectivity index (χ4v) is 4.90.